The van der Waals surface area contributed by atoms with E-state index < -0.39 is 0 Å². The van der Waals surface area contributed by atoms with Crippen molar-refractivity contribution in [3.05, 3.63) is 31.7 Å². The third kappa shape index (κ3) is 6.01. The van der Waals surface area contributed by atoms with Gasteiger partial charge in [-0.05, 0) is 38.0 Å². The van der Waals surface area contributed by atoms with Crippen molar-refractivity contribution in [1.29, 1.82) is 0 Å². The van der Waals surface area contributed by atoms with Gasteiger partial charge in [0.05, 0.1) is 0 Å². The normalized spacial score (nSPS) is 14.8. The van der Waals surface area contributed by atoms with Crippen LogP contribution in [0.5, 0.6) is 0 Å². The van der Waals surface area contributed by atoms with Gasteiger partial charge >= 0.3 is 0 Å². The first kappa shape index (κ1) is 13.5. The molecule has 0 unspecified atom stereocenters. The lowest BCUT2D eigenvalue weighted by Crippen LogP contribution is -2.04. The van der Waals surface area contributed by atoms with Gasteiger partial charge in [-0.1, -0.05) is 44.9 Å². The standard InChI is InChI=1S/C14H25/c1-6-8-9-14(12(3)4)11-10-13(5)7-2/h6,13-14H,1-3,7-11H2,4-5H3/t13-,14-/m0/s1. The Labute approximate surface area is 90.1 Å². The van der Waals surface area contributed by atoms with Crippen molar-refractivity contribution in [3.63, 3.8) is 0 Å². The molecule has 0 spiro atoms. The van der Waals surface area contributed by atoms with E-state index in [0.29, 0.717) is 5.92 Å². The monoisotopic (exact) mass is 193 g/mol. The van der Waals surface area contributed by atoms with Gasteiger partial charge in [-0.3, -0.25) is 0 Å². The molecule has 0 aromatic carbocycles. The zero-order valence-corrected chi connectivity index (χ0v) is 9.89. The molecule has 0 rings (SSSR count). The summed E-state index contributed by atoms with van der Waals surface area (Å²) in [5.41, 5.74) is 1.32. The third-order valence-electron chi connectivity index (χ3n) is 2.92. The number of hydrogen-bond donors (Lipinski definition) is 0. The molecular weight excluding hydrogens is 168 g/mol. The van der Waals surface area contributed by atoms with E-state index in [1.807, 2.05) is 6.08 Å². The first-order valence-corrected chi connectivity index (χ1v) is 5.67. The van der Waals surface area contributed by atoms with E-state index in [2.05, 4.69) is 33.9 Å². The van der Waals surface area contributed by atoms with Crippen molar-refractivity contribution in [3.8, 4) is 0 Å². The molecule has 0 aromatic heterocycles. The first-order chi connectivity index (χ1) is 6.61. The van der Waals surface area contributed by atoms with Gasteiger partial charge in [-0.15, -0.1) is 6.58 Å². The van der Waals surface area contributed by atoms with Crippen molar-refractivity contribution in [2.45, 2.75) is 46.0 Å². The molecule has 0 nitrogen and oxygen atoms in total. The molecule has 0 N–H and O–H groups in total. The van der Waals surface area contributed by atoms with Crippen molar-refractivity contribution in [1.82, 2.24) is 0 Å². The summed E-state index contributed by atoms with van der Waals surface area (Å²) < 4.78 is 0. The third-order valence-corrected chi connectivity index (χ3v) is 2.92. The van der Waals surface area contributed by atoms with Gasteiger partial charge in [-0.2, -0.15) is 0 Å². The van der Waals surface area contributed by atoms with Gasteiger partial charge < -0.3 is 0 Å². The summed E-state index contributed by atoms with van der Waals surface area (Å²) in [5, 5.41) is 0. The number of rotatable bonds is 8. The number of allylic oxidation sites excluding steroid dienone is 2. The lowest BCUT2D eigenvalue weighted by Gasteiger charge is -2.18. The summed E-state index contributed by atoms with van der Waals surface area (Å²) in [4.78, 5) is 0. The molecular formula is C14H25. The summed E-state index contributed by atoms with van der Waals surface area (Å²) in [7, 11) is 0. The van der Waals surface area contributed by atoms with Crippen molar-refractivity contribution < 1.29 is 0 Å². The van der Waals surface area contributed by atoms with Crippen molar-refractivity contribution >= 4 is 0 Å². The summed E-state index contributed by atoms with van der Waals surface area (Å²) in [6, 6.07) is 0. The zero-order valence-electron chi connectivity index (χ0n) is 9.89. The van der Waals surface area contributed by atoms with Crippen LogP contribution in [0.3, 0.4) is 0 Å². The Hall–Kier alpha value is -0.520. The molecule has 81 valence electrons. The molecule has 2 atom stereocenters. The fraction of sp³-hybridized carbons (Fsp3) is 0.643. The molecule has 0 heterocycles. The second kappa shape index (κ2) is 7.84. The van der Waals surface area contributed by atoms with Crippen LogP contribution in [0.25, 0.3) is 0 Å². The lowest BCUT2D eigenvalue weighted by atomic mass is 9.88. The topological polar surface area (TPSA) is 0 Å². The van der Waals surface area contributed by atoms with Crippen LogP contribution in [0, 0.1) is 18.8 Å². The summed E-state index contributed by atoms with van der Waals surface area (Å²) >= 11 is 0. The van der Waals surface area contributed by atoms with E-state index in [1.54, 1.807) is 0 Å². The molecule has 0 heteroatoms. The van der Waals surface area contributed by atoms with Crippen molar-refractivity contribution in [2.75, 3.05) is 0 Å². The minimum atomic E-state index is 0.682. The predicted octanol–water partition coefficient (Wildman–Crippen LogP) is 4.79. The molecule has 0 bridgehead atoms. The molecule has 0 aliphatic carbocycles. The minimum absolute atomic E-state index is 0.682. The Morgan fingerprint density at radius 3 is 2.36 bits per heavy atom. The van der Waals surface area contributed by atoms with Gasteiger partial charge in [0.25, 0.3) is 0 Å². The Kier molecular flexibility index (Phi) is 7.55. The molecule has 14 heavy (non-hydrogen) atoms. The molecule has 0 fully saturated rings. The molecule has 0 aliphatic rings. The first-order valence-electron chi connectivity index (χ1n) is 5.67. The van der Waals surface area contributed by atoms with Crippen LogP contribution >= 0.6 is 0 Å². The van der Waals surface area contributed by atoms with Crippen LogP contribution in [0.1, 0.15) is 46.0 Å². The molecule has 0 aliphatic heterocycles. The van der Waals surface area contributed by atoms with Crippen molar-refractivity contribution in [2.24, 2.45) is 11.8 Å². The van der Waals surface area contributed by atoms with Crippen LogP contribution < -0.4 is 0 Å². The van der Waals surface area contributed by atoms with Gasteiger partial charge in [0, 0.05) is 0 Å². The zero-order chi connectivity index (χ0) is 11.0. The van der Waals surface area contributed by atoms with Gasteiger partial charge in [0.1, 0.15) is 0 Å². The average molecular weight is 193 g/mol. The smallest absolute Gasteiger partial charge is 0.0206 e. The molecule has 0 aromatic rings. The molecule has 1 radical (unpaired) electrons. The Bertz CT molecular complexity index is 167. The fourth-order valence-electron chi connectivity index (χ4n) is 1.59. The van der Waals surface area contributed by atoms with E-state index >= 15 is 0 Å². The minimum Gasteiger partial charge on any atom is -0.103 e. The second-order valence-corrected chi connectivity index (χ2v) is 4.38. The average Bonchev–Trinajstić information content (AvgIpc) is 2.16. The summed E-state index contributed by atoms with van der Waals surface area (Å²) in [6.07, 6.45) is 7.90. The maximum absolute atomic E-state index is 4.06. The Morgan fingerprint density at radius 2 is 1.93 bits per heavy atom. The van der Waals surface area contributed by atoms with E-state index in [1.165, 1.54) is 24.8 Å². The predicted molar refractivity (Wildman–Crippen MR) is 66.1 cm³/mol. The molecule has 0 saturated heterocycles. The van der Waals surface area contributed by atoms with E-state index in [9.17, 15) is 0 Å². The van der Waals surface area contributed by atoms with E-state index in [0.717, 1.165) is 18.8 Å². The van der Waals surface area contributed by atoms with E-state index in [-0.39, 0.29) is 0 Å². The highest BCUT2D eigenvalue weighted by Gasteiger charge is 2.10. The van der Waals surface area contributed by atoms with Crippen LogP contribution in [-0.4, -0.2) is 0 Å². The maximum atomic E-state index is 4.06. The largest absolute Gasteiger partial charge is 0.103 e. The highest BCUT2D eigenvalue weighted by atomic mass is 14.2. The van der Waals surface area contributed by atoms with E-state index in [4.69, 9.17) is 0 Å². The second-order valence-electron chi connectivity index (χ2n) is 4.38. The summed E-state index contributed by atoms with van der Waals surface area (Å²) in [5.74, 6) is 1.43. The lowest BCUT2D eigenvalue weighted by molar-refractivity contribution is 0.431. The molecule has 0 amide bonds. The maximum Gasteiger partial charge on any atom is -0.0206 e. The highest BCUT2D eigenvalue weighted by molar-refractivity contribution is 4.96. The number of hydrogen-bond acceptors (Lipinski definition) is 0. The quantitative estimate of drug-likeness (QED) is 0.486. The van der Waals surface area contributed by atoms with Gasteiger partial charge in [0.15, 0.2) is 0 Å². The Morgan fingerprint density at radius 1 is 1.29 bits per heavy atom. The van der Waals surface area contributed by atoms with Crippen LogP contribution in [-0.2, 0) is 0 Å². The van der Waals surface area contributed by atoms with Gasteiger partial charge in [-0.25, -0.2) is 0 Å². The Balaban J connectivity index is 3.84. The molecule has 0 saturated carbocycles. The fourth-order valence-corrected chi connectivity index (χ4v) is 1.59. The van der Waals surface area contributed by atoms with Gasteiger partial charge in [0.2, 0.25) is 0 Å². The highest BCUT2D eigenvalue weighted by Crippen LogP contribution is 2.24. The SMILES string of the molecule is [CH2]C[C@H](C)CC[C@H](CCC=C)C(=C)C. The van der Waals surface area contributed by atoms with Crippen LogP contribution in [0.4, 0.5) is 0 Å². The summed E-state index contributed by atoms with van der Waals surface area (Å²) in [6.45, 7) is 16.2. The van der Waals surface area contributed by atoms with Crippen LogP contribution in [0.2, 0.25) is 0 Å². The van der Waals surface area contributed by atoms with Crippen LogP contribution in [0.15, 0.2) is 24.8 Å².